The fourth-order valence-electron chi connectivity index (χ4n) is 3.24. The van der Waals surface area contributed by atoms with Gasteiger partial charge in [0, 0.05) is 19.3 Å². The number of likely N-dealkylation sites (tertiary alicyclic amines) is 1. The second-order valence-electron chi connectivity index (χ2n) is 7.20. The third-order valence-corrected chi connectivity index (χ3v) is 4.89. The highest BCUT2D eigenvalue weighted by molar-refractivity contribution is 5.78. The second kappa shape index (κ2) is 7.80. The lowest BCUT2D eigenvalue weighted by Gasteiger charge is -2.22. The molecule has 1 aromatic heterocycles. The number of carbonyl (C=O) groups excluding carboxylic acids is 1. The first-order chi connectivity index (χ1) is 12.1. The molecular weight excluding hydrogens is 314 g/mol. The van der Waals surface area contributed by atoms with Gasteiger partial charge in [-0.15, -0.1) is 0 Å². The molecule has 0 spiro atoms. The first-order valence-electron chi connectivity index (χ1n) is 8.86. The average Bonchev–Trinajstić information content (AvgIpc) is 3.23. The molecule has 1 aromatic carbocycles. The van der Waals surface area contributed by atoms with E-state index >= 15 is 0 Å². The summed E-state index contributed by atoms with van der Waals surface area (Å²) >= 11 is 0. The molecule has 0 radical (unpaired) electrons. The van der Waals surface area contributed by atoms with Crippen LogP contribution in [0.15, 0.2) is 42.7 Å². The lowest BCUT2D eigenvalue weighted by molar-refractivity contribution is -0.122. The van der Waals surface area contributed by atoms with Crippen LogP contribution < -0.4 is 11.1 Å². The van der Waals surface area contributed by atoms with Crippen molar-refractivity contribution in [2.75, 3.05) is 32.7 Å². The van der Waals surface area contributed by atoms with Gasteiger partial charge < -0.3 is 11.1 Å². The number of hydrogen-bond donors (Lipinski definition) is 2. The van der Waals surface area contributed by atoms with Crippen LogP contribution in [-0.4, -0.2) is 53.3 Å². The summed E-state index contributed by atoms with van der Waals surface area (Å²) in [6.07, 6.45) is 5.70. The summed E-state index contributed by atoms with van der Waals surface area (Å²) in [5, 5.41) is 7.38. The smallest absolute Gasteiger partial charge is 0.234 e. The molecule has 1 aliphatic heterocycles. The molecule has 25 heavy (non-hydrogen) atoms. The van der Waals surface area contributed by atoms with Crippen molar-refractivity contribution < 1.29 is 4.79 Å². The van der Waals surface area contributed by atoms with Crippen LogP contribution >= 0.6 is 0 Å². The molecular formula is C19H27N5O. The lowest BCUT2D eigenvalue weighted by atomic mass is 9.90. The number of para-hydroxylation sites is 1. The summed E-state index contributed by atoms with van der Waals surface area (Å²) in [5.74, 6) is 0.0803. The molecule has 1 unspecified atom stereocenters. The summed E-state index contributed by atoms with van der Waals surface area (Å²) in [7, 11) is 0. The van der Waals surface area contributed by atoms with E-state index in [1.54, 1.807) is 0 Å². The van der Waals surface area contributed by atoms with Gasteiger partial charge in [-0.25, -0.2) is 4.68 Å². The van der Waals surface area contributed by atoms with Crippen LogP contribution in [0.3, 0.4) is 0 Å². The van der Waals surface area contributed by atoms with Crippen molar-refractivity contribution >= 4 is 5.91 Å². The topological polar surface area (TPSA) is 76.2 Å². The van der Waals surface area contributed by atoms with Crippen molar-refractivity contribution in [1.82, 2.24) is 20.0 Å². The summed E-state index contributed by atoms with van der Waals surface area (Å²) in [6, 6.07) is 10.0. The van der Waals surface area contributed by atoms with Crippen molar-refractivity contribution in [2.24, 2.45) is 11.1 Å². The Bertz CT molecular complexity index is 699. The summed E-state index contributed by atoms with van der Waals surface area (Å²) in [4.78, 5) is 14.3. The zero-order valence-corrected chi connectivity index (χ0v) is 14.8. The Labute approximate surface area is 149 Å². The molecule has 1 atom stereocenters. The molecule has 3 rings (SSSR count). The Kier molecular flexibility index (Phi) is 5.50. The van der Waals surface area contributed by atoms with Crippen LogP contribution in [0.1, 0.15) is 18.9 Å². The number of benzene rings is 1. The monoisotopic (exact) mass is 341 g/mol. The molecule has 3 N–H and O–H groups in total. The van der Waals surface area contributed by atoms with Gasteiger partial charge in [-0.3, -0.25) is 9.69 Å². The zero-order valence-electron chi connectivity index (χ0n) is 14.8. The zero-order chi connectivity index (χ0) is 17.7. The van der Waals surface area contributed by atoms with Gasteiger partial charge in [-0.05, 0) is 49.0 Å². The molecule has 134 valence electrons. The molecule has 6 nitrogen and oxygen atoms in total. The van der Waals surface area contributed by atoms with Crippen LogP contribution in [0.5, 0.6) is 0 Å². The number of hydrogen-bond acceptors (Lipinski definition) is 4. The van der Waals surface area contributed by atoms with Crippen molar-refractivity contribution in [3.05, 3.63) is 48.3 Å². The molecule has 0 aliphatic carbocycles. The minimum absolute atomic E-state index is 0.0803. The summed E-state index contributed by atoms with van der Waals surface area (Å²) in [5.41, 5.74) is 8.12. The number of amides is 1. The number of aromatic nitrogens is 2. The number of nitrogens with two attached hydrogens (primary N) is 1. The predicted octanol–water partition coefficient (Wildman–Crippen LogP) is 1.20. The normalized spacial score (nSPS) is 20.7. The Hall–Kier alpha value is -2.18. The van der Waals surface area contributed by atoms with Crippen LogP contribution in [0.25, 0.3) is 5.69 Å². The van der Waals surface area contributed by atoms with E-state index in [-0.39, 0.29) is 11.3 Å². The molecule has 2 aromatic rings. The highest BCUT2D eigenvalue weighted by Gasteiger charge is 2.32. The maximum Gasteiger partial charge on any atom is 0.234 e. The highest BCUT2D eigenvalue weighted by Crippen LogP contribution is 2.27. The minimum Gasteiger partial charge on any atom is -0.355 e. The quantitative estimate of drug-likeness (QED) is 0.793. The van der Waals surface area contributed by atoms with E-state index in [4.69, 9.17) is 5.73 Å². The molecule has 1 fully saturated rings. The SMILES string of the molecule is CC1(CN)CCN(CC(=O)NCCc2cnn(-c3ccccc3)c2)C1. The van der Waals surface area contributed by atoms with Crippen LogP contribution in [0.4, 0.5) is 0 Å². The first kappa shape index (κ1) is 17.6. The van der Waals surface area contributed by atoms with Crippen LogP contribution in [0.2, 0.25) is 0 Å². The van der Waals surface area contributed by atoms with E-state index in [2.05, 4.69) is 22.2 Å². The van der Waals surface area contributed by atoms with Crippen molar-refractivity contribution in [3.8, 4) is 5.69 Å². The number of nitrogens with one attached hydrogen (secondary N) is 1. The van der Waals surface area contributed by atoms with Crippen molar-refractivity contribution in [1.29, 1.82) is 0 Å². The molecule has 0 saturated carbocycles. The Morgan fingerprint density at radius 1 is 1.36 bits per heavy atom. The van der Waals surface area contributed by atoms with Gasteiger partial charge in [0.25, 0.3) is 0 Å². The average molecular weight is 341 g/mol. The van der Waals surface area contributed by atoms with Gasteiger partial charge in [-0.1, -0.05) is 25.1 Å². The van der Waals surface area contributed by atoms with Crippen LogP contribution in [-0.2, 0) is 11.2 Å². The third-order valence-electron chi connectivity index (χ3n) is 4.89. The predicted molar refractivity (Wildman–Crippen MR) is 98.5 cm³/mol. The Morgan fingerprint density at radius 2 is 2.16 bits per heavy atom. The van der Waals surface area contributed by atoms with Gasteiger partial charge in [0.15, 0.2) is 0 Å². The molecule has 1 saturated heterocycles. The first-order valence-corrected chi connectivity index (χ1v) is 8.86. The summed E-state index contributed by atoms with van der Waals surface area (Å²) in [6.45, 7) is 5.80. The van der Waals surface area contributed by atoms with E-state index < -0.39 is 0 Å². The van der Waals surface area contributed by atoms with E-state index in [1.165, 1.54) is 0 Å². The molecule has 1 amide bonds. The molecule has 0 bridgehead atoms. The van der Waals surface area contributed by atoms with Gasteiger partial charge in [0.2, 0.25) is 5.91 Å². The Morgan fingerprint density at radius 3 is 2.88 bits per heavy atom. The third kappa shape index (κ3) is 4.67. The fraction of sp³-hybridized carbons (Fsp3) is 0.474. The number of carbonyl (C=O) groups is 1. The van der Waals surface area contributed by atoms with Gasteiger partial charge in [0.05, 0.1) is 18.4 Å². The van der Waals surface area contributed by atoms with Gasteiger partial charge in [0.1, 0.15) is 0 Å². The molecule has 2 heterocycles. The summed E-state index contributed by atoms with van der Waals surface area (Å²) < 4.78 is 1.86. The van der Waals surface area contributed by atoms with E-state index in [0.29, 0.717) is 19.6 Å². The van der Waals surface area contributed by atoms with Crippen molar-refractivity contribution in [2.45, 2.75) is 19.8 Å². The standard InChI is InChI=1S/C19H27N5O/c1-19(14-20)8-10-23(15-19)13-18(25)21-9-7-16-11-22-24(12-16)17-5-3-2-4-6-17/h2-6,11-12H,7-10,13-15,20H2,1H3,(H,21,25). The molecule has 6 heteroatoms. The van der Waals surface area contributed by atoms with Gasteiger partial charge in [-0.2, -0.15) is 5.10 Å². The highest BCUT2D eigenvalue weighted by atomic mass is 16.2. The van der Waals surface area contributed by atoms with E-state index in [9.17, 15) is 4.79 Å². The lowest BCUT2D eigenvalue weighted by Crippen LogP contribution is -2.38. The second-order valence-corrected chi connectivity index (χ2v) is 7.20. The van der Waals surface area contributed by atoms with Crippen LogP contribution in [0, 0.1) is 5.41 Å². The largest absolute Gasteiger partial charge is 0.355 e. The minimum atomic E-state index is 0.0803. The van der Waals surface area contributed by atoms with Gasteiger partial charge >= 0.3 is 0 Å². The number of nitrogens with zero attached hydrogens (tertiary/aromatic N) is 3. The van der Waals surface area contributed by atoms with E-state index in [1.807, 2.05) is 47.4 Å². The maximum absolute atomic E-state index is 12.1. The maximum atomic E-state index is 12.1. The fourth-order valence-corrected chi connectivity index (χ4v) is 3.24. The van der Waals surface area contributed by atoms with E-state index in [0.717, 1.165) is 37.2 Å². The number of rotatable bonds is 7. The van der Waals surface area contributed by atoms with Crippen molar-refractivity contribution in [3.63, 3.8) is 0 Å². The Balaban J connectivity index is 1.41. The molecule has 1 aliphatic rings.